The molecule has 5 rings (SSSR count). The summed E-state index contributed by atoms with van der Waals surface area (Å²) in [5, 5.41) is 12.0. The molecule has 4 heterocycles. The maximum Gasteiger partial charge on any atom is 0.137 e. The summed E-state index contributed by atoms with van der Waals surface area (Å²) in [6, 6.07) is 11.1. The Kier molecular flexibility index (Phi) is 7.82. The lowest BCUT2D eigenvalue weighted by molar-refractivity contribution is 0.201. The Morgan fingerprint density at radius 3 is 2.89 bits per heavy atom. The standard InChI is InChI=1S/C25H31N5O3S3/c1-29(36(2,32)23-5-3-4-6-26-23)22-15-19(33-10-9-31)13-18-14-21(28-24(18)22)25-27-16-20(35-25)17-30-7-11-34-12-8-30/h3-6,13-15,20,28,31H,2,7-12,16-17H2,1H3. The van der Waals surface area contributed by atoms with Crippen LogP contribution >= 0.6 is 23.5 Å². The molecule has 0 amide bonds. The van der Waals surface area contributed by atoms with E-state index < -0.39 is 9.71 Å². The predicted molar refractivity (Wildman–Crippen MR) is 154 cm³/mol. The van der Waals surface area contributed by atoms with Crippen molar-refractivity contribution in [1.82, 2.24) is 14.9 Å². The molecule has 0 saturated carbocycles. The molecule has 2 atom stereocenters. The third-order valence-electron chi connectivity index (χ3n) is 6.30. The van der Waals surface area contributed by atoms with Gasteiger partial charge in [-0.2, -0.15) is 11.8 Å². The van der Waals surface area contributed by atoms with Gasteiger partial charge in [0.05, 0.1) is 39.8 Å². The highest BCUT2D eigenvalue weighted by Gasteiger charge is 2.26. The average molecular weight is 546 g/mol. The maximum atomic E-state index is 13.8. The molecule has 3 aromatic rings. The van der Waals surface area contributed by atoms with Crippen molar-refractivity contribution in [3.63, 3.8) is 0 Å². The van der Waals surface area contributed by atoms with Crippen molar-refractivity contribution in [3.8, 4) is 5.75 Å². The second-order valence-electron chi connectivity index (χ2n) is 8.77. The molecule has 192 valence electrons. The van der Waals surface area contributed by atoms with Crippen molar-refractivity contribution in [2.24, 2.45) is 4.99 Å². The van der Waals surface area contributed by atoms with Crippen molar-refractivity contribution < 1.29 is 14.1 Å². The van der Waals surface area contributed by atoms with Crippen molar-refractivity contribution >= 4 is 60.7 Å². The molecule has 8 nitrogen and oxygen atoms in total. The van der Waals surface area contributed by atoms with E-state index in [1.165, 1.54) is 11.5 Å². The summed E-state index contributed by atoms with van der Waals surface area (Å²) in [4.78, 5) is 15.2. The van der Waals surface area contributed by atoms with E-state index in [9.17, 15) is 9.32 Å². The number of fused-ring (bicyclic) bond motifs is 1. The number of hydrogen-bond acceptors (Lipinski definition) is 8. The van der Waals surface area contributed by atoms with Gasteiger partial charge in [0.25, 0.3) is 0 Å². The van der Waals surface area contributed by atoms with Crippen LogP contribution in [0.25, 0.3) is 10.9 Å². The van der Waals surface area contributed by atoms with Gasteiger partial charge in [0.2, 0.25) is 0 Å². The Morgan fingerprint density at radius 1 is 1.31 bits per heavy atom. The molecule has 36 heavy (non-hydrogen) atoms. The number of hydrogen-bond donors (Lipinski definition) is 2. The zero-order chi connectivity index (χ0) is 25.1. The van der Waals surface area contributed by atoms with E-state index in [0.717, 1.165) is 47.8 Å². The lowest BCUT2D eigenvalue weighted by atomic mass is 10.2. The summed E-state index contributed by atoms with van der Waals surface area (Å²) < 4.78 is 21.2. The van der Waals surface area contributed by atoms with Crippen LogP contribution < -0.4 is 9.04 Å². The highest BCUT2D eigenvalue weighted by molar-refractivity contribution is 8.15. The van der Waals surface area contributed by atoms with E-state index in [2.05, 4.69) is 26.8 Å². The lowest BCUT2D eigenvalue weighted by Crippen LogP contribution is -2.37. The monoisotopic (exact) mass is 545 g/mol. The maximum absolute atomic E-state index is 13.8. The first-order chi connectivity index (χ1) is 17.5. The van der Waals surface area contributed by atoms with Gasteiger partial charge in [-0.15, -0.1) is 0 Å². The molecule has 2 aromatic heterocycles. The summed E-state index contributed by atoms with van der Waals surface area (Å²) >= 11 is 3.85. The minimum Gasteiger partial charge on any atom is -0.491 e. The van der Waals surface area contributed by atoms with Crippen LogP contribution in [-0.2, 0) is 9.71 Å². The topological polar surface area (TPSA) is 94.1 Å². The van der Waals surface area contributed by atoms with Crippen molar-refractivity contribution in [2.45, 2.75) is 10.3 Å². The van der Waals surface area contributed by atoms with E-state index in [-0.39, 0.29) is 13.2 Å². The number of pyridine rings is 1. The SMILES string of the molecule is C=S(=O)(c1ccccn1)N(C)c1cc(OCCO)cc2cc(C3=NCC(CN4CCSCC4)S3)[nH]c12. The van der Waals surface area contributed by atoms with Gasteiger partial charge < -0.3 is 19.7 Å². The van der Waals surface area contributed by atoms with Crippen molar-refractivity contribution in [2.75, 3.05) is 62.3 Å². The average Bonchev–Trinajstić information content (AvgIpc) is 3.54. The zero-order valence-corrected chi connectivity index (χ0v) is 22.7. The molecule has 0 radical (unpaired) electrons. The molecule has 2 aliphatic heterocycles. The van der Waals surface area contributed by atoms with Gasteiger partial charge in [0.15, 0.2) is 0 Å². The minimum absolute atomic E-state index is 0.0911. The van der Waals surface area contributed by atoms with E-state index in [4.69, 9.17) is 9.73 Å². The fourth-order valence-electron chi connectivity index (χ4n) is 4.38. The van der Waals surface area contributed by atoms with E-state index in [1.54, 1.807) is 35.7 Å². The molecule has 1 saturated heterocycles. The molecule has 1 aromatic carbocycles. The van der Waals surface area contributed by atoms with Crippen LogP contribution in [0.1, 0.15) is 5.69 Å². The third-order valence-corrected chi connectivity index (χ3v) is 10.4. The molecular formula is C25H31N5O3S3. The Labute approximate surface area is 220 Å². The normalized spacial score (nSPS) is 20.3. The number of aliphatic hydroxyl groups excluding tert-OH is 1. The summed E-state index contributed by atoms with van der Waals surface area (Å²) in [6.07, 6.45) is 1.62. The van der Waals surface area contributed by atoms with Crippen LogP contribution in [0.2, 0.25) is 0 Å². The summed E-state index contributed by atoms with van der Waals surface area (Å²) in [5.41, 5.74) is 2.45. The highest BCUT2D eigenvalue weighted by atomic mass is 32.2. The second kappa shape index (κ2) is 11.1. The fraction of sp³-hybridized carbons (Fsp3) is 0.400. The number of H-pyrrole nitrogens is 1. The van der Waals surface area contributed by atoms with Gasteiger partial charge in [0, 0.05) is 61.1 Å². The number of anilines is 1. The first-order valence-corrected chi connectivity index (χ1v) is 15.6. The molecule has 0 aliphatic carbocycles. The number of aliphatic imine (C=N–C) groups is 1. The number of nitrogens with one attached hydrogen (secondary N) is 1. The summed E-state index contributed by atoms with van der Waals surface area (Å²) in [6.45, 7) is 4.24. The van der Waals surface area contributed by atoms with Gasteiger partial charge in [-0.25, -0.2) is 9.19 Å². The zero-order valence-electron chi connectivity index (χ0n) is 20.3. The van der Waals surface area contributed by atoms with Crippen LogP contribution in [-0.4, -0.2) is 98.3 Å². The lowest BCUT2D eigenvalue weighted by Gasteiger charge is -2.28. The largest absolute Gasteiger partial charge is 0.491 e. The summed E-state index contributed by atoms with van der Waals surface area (Å²) in [5.74, 6) is 7.03. The number of aromatic amines is 1. The van der Waals surface area contributed by atoms with Crippen LogP contribution in [0.3, 0.4) is 0 Å². The second-order valence-corrected chi connectivity index (χ2v) is 13.5. The predicted octanol–water partition coefficient (Wildman–Crippen LogP) is 2.97. The molecule has 1 fully saturated rings. The molecular weight excluding hydrogens is 515 g/mol. The number of nitrogens with zero attached hydrogens (tertiary/aromatic N) is 4. The van der Waals surface area contributed by atoms with Crippen LogP contribution in [0.5, 0.6) is 5.75 Å². The van der Waals surface area contributed by atoms with Crippen LogP contribution in [0.15, 0.2) is 52.6 Å². The Bertz CT molecular complexity index is 1340. The Morgan fingerprint density at radius 2 is 2.14 bits per heavy atom. The minimum atomic E-state index is -2.90. The molecule has 11 heteroatoms. The number of aromatic nitrogens is 2. The van der Waals surface area contributed by atoms with E-state index in [1.807, 2.05) is 35.7 Å². The molecule has 2 aliphatic rings. The van der Waals surface area contributed by atoms with Gasteiger partial charge in [-0.1, -0.05) is 17.8 Å². The van der Waals surface area contributed by atoms with Crippen molar-refractivity contribution in [1.29, 1.82) is 0 Å². The van der Waals surface area contributed by atoms with Gasteiger partial charge in [-0.05, 0) is 30.1 Å². The first-order valence-electron chi connectivity index (χ1n) is 11.9. The molecule has 0 bridgehead atoms. The van der Waals surface area contributed by atoms with Crippen LogP contribution in [0.4, 0.5) is 5.69 Å². The molecule has 2 unspecified atom stereocenters. The van der Waals surface area contributed by atoms with Crippen molar-refractivity contribution in [3.05, 3.63) is 48.3 Å². The molecule has 0 spiro atoms. The smallest absolute Gasteiger partial charge is 0.137 e. The number of benzene rings is 1. The van der Waals surface area contributed by atoms with Gasteiger partial charge in [-0.3, -0.25) is 9.30 Å². The number of thioether (sulfide) groups is 2. The third kappa shape index (κ3) is 5.40. The number of aliphatic hydroxyl groups is 1. The molecule has 2 N–H and O–H groups in total. The Balaban J connectivity index is 1.45. The number of ether oxygens (including phenoxy) is 1. The number of rotatable bonds is 9. The van der Waals surface area contributed by atoms with E-state index in [0.29, 0.717) is 21.7 Å². The Hall–Kier alpha value is -2.18. The van der Waals surface area contributed by atoms with Crippen LogP contribution in [0, 0.1) is 0 Å². The first kappa shape index (κ1) is 25.5. The van der Waals surface area contributed by atoms with Gasteiger partial charge >= 0.3 is 0 Å². The summed E-state index contributed by atoms with van der Waals surface area (Å²) in [7, 11) is -1.15. The highest BCUT2D eigenvalue weighted by Crippen LogP contribution is 2.36. The fourth-order valence-corrected chi connectivity index (χ4v) is 7.75. The van der Waals surface area contributed by atoms with E-state index >= 15 is 0 Å². The van der Waals surface area contributed by atoms with Gasteiger partial charge in [0.1, 0.15) is 22.4 Å². The quantitative estimate of drug-likeness (QED) is 0.399.